The predicted molar refractivity (Wildman–Crippen MR) is 172 cm³/mol. The van der Waals surface area contributed by atoms with Crippen molar-refractivity contribution < 1.29 is 26.5 Å². The summed E-state index contributed by atoms with van der Waals surface area (Å²) in [7, 11) is -2.89. The summed E-state index contributed by atoms with van der Waals surface area (Å²) < 4.78 is 5.66. The first-order valence-electron chi connectivity index (χ1n) is 13.3. The molecule has 0 aromatic heterocycles. The number of hydrogen-bond acceptors (Lipinski definition) is 1. The Bertz CT molecular complexity index is 1030. The summed E-state index contributed by atoms with van der Waals surface area (Å²) in [4.78, 5) is 9.67. The molecule has 0 aliphatic carbocycles. The maximum atomic E-state index is 5.66. The third-order valence-corrected chi connectivity index (χ3v) is 7.08. The van der Waals surface area contributed by atoms with Crippen molar-refractivity contribution in [1.82, 2.24) is 0 Å². The van der Waals surface area contributed by atoms with E-state index in [4.69, 9.17) is 15.0 Å². The maximum absolute atomic E-state index is 5.66. The topological polar surface area (TPSA) is 65.6 Å². The van der Waals surface area contributed by atoms with Crippen molar-refractivity contribution in [2.75, 3.05) is 26.3 Å². The van der Waals surface area contributed by atoms with Crippen molar-refractivity contribution in [1.29, 1.82) is 0 Å². The van der Waals surface area contributed by atoms with Crippen molar-refractivity contribution in [3.63, 3.8) is 0 Å². The molecule has 0 bridgehead atoms. The van der Waals surface area contributed by atoms with E-state index in [0.29, 0.717) is 19.8 Å². The van der Waals surface area contributed by atoms with Crippen LogP contribution >= 0.6 is 0 Å². The molecule has 0 radical (unpaired) electrons. The minimum atomic E-state index is -1.58. The molecule has 0 saturated carbocycles. The Labute approximate surface area is 254 Å². The Morgan fingerprint density at radius 3 is 1.56 bits per heavy atom. The van der Waals surface area contributed by atoms with E-state index in [0.717, 1.165) is 34.9 Å². The molecule has 3 rings (SSSR count). The molecule has 3 aromatic rings. The molecule has 0 fully saturated rings. The van der Waals surface area contributed by atoms with Gasteiger partial charge in [-0.25, -0.2) is 0 Å². The second kappa shape index (κ2) is 18.3. The fourth-order valence-electron chi connectivity index (χ4n) is 3.34. The number of benzene rings is 3. The summed E-state index contributed by atoms with van der Waals surface area (Å²) in [6.07, 6.45) is 0. The molecule has 0 aliphatic heterocycles. The molecule has 0 spiro atoms. The normalized spacial score (nSPS) is 11.8. The van der Waals surface area contributed by atoms with Crippen LogP contribution in [0, 0.1) is 0 Å². The molecule has 0 saturated heterocycles. The Balaban J connectivity index is 0.000000453. The van der Waals surface area contributed by atoms with Gasteiger partial charge in [0.25, 0.3) is 0 Å². The van der Waals surface area contributed by atoms with E-state index >= 15 is 0 Å². The summed E-state index contributed by atoms with van der Waals surface area (Å²) >= 11 is 0. The summed E-state index contributed by atoms with van der Waals surface area (Å²) in [5.74, 6) is 0. The summed E-state index contributed by atoms with van der Waals surface area (Å²) in [6, 6.07) is 30.2. The van der Waals surface area contributed by atoms with E-state index in [-0.39, 0.29) is 21.7 Å². The fraction of sp³-hybridized carbons (Fsp3) is 0.355. The van der Waals surface area contributed by atoms with Gasteiger partial charge in [0.05, 0.1) is 0 Å². The predicted octanol–water partition coefficient (Wildman–Crippen LogP) is 10.2. The van der Waals surface area contributed by atoms with Gasteiger partial charge in [0, 0.05) is 13.2 Å². The quantitative estimate of drug-likeness (QED) is 0.144. The van der Waals surface area contributed by atoms with Gasteiger partial charge in [0.1, 0.15) is 0 Å². The third kappa shape index (κ3) is 16.5. The maximum Gasteiger partial charge on any atom is 4.00 e. The summed E-state index contributed by atoms with van der Waals surface area (Å²) in [6.45, 7) is 18.3. The largest absolute Gasteiger partial charge is 4.00 e. The van der Waals surface area contributed by atoms with E-state index in [1.54, 1.807) is 0 Å². The fourth-order valence-corrected chi connectivity index (χ4v) is 5.06. The van der Waals surface area contributed by atoms with Crippen LogP contribution in [0.5, 0.6) is 0 Å². The van der Waals surface area contributed by atoms with Gasteiger partial charge < -0.3 is 25.3 Å². The molecule has 3 aromatic carbocycles. The Morgan fingerprint density at radius 2 is 1.10 bits per heavy atom. The van der Waals surface area contributed by atoms with Gasteiger partial charge in [0.2, 0.25) is 0 Å². The van der Waals surface area contributed by atoms with Crippen LogP contribution < -0.4 is 0 Å². The zero-order valence-electron chi connectivity index (χ0n) is 24.7. The van der Waals surface area contributed by atoms with Crippen LogP contribution in [0.3, 0.4) is 0 Å². The smallest absolute Gasteiger partial charge is 0.688 e. The van der Waals surface area contributed by atoms with Crippen LogP contribution in [0.4, 0.5) is 11.4 Å². The molecule has 0 unspecified atom stereocenters. The molecular weight excluding hydrogens is 548 g/mol. The van der Waals surface area contributed by atoms with Gasteiger partial charge in [-0.15, -0.1) is 24.5 Å². The average molecular weight is 593 g/mol. The number of allylic oxidation sites excluding steroid dienone is 1. The van der Waals surface area contributed by atoms with Crippen molar-refractivity contribution in [2.45, 2.75) is 46.2 Å². The van der Waals surface area contributed by atoms with Crippen LogP contribution in [0.1, 0.15) is 12.5 Å². The minimum absolute atomic E-state index is 0. The van der Waals surface area contributed by atoms with Crippen LogP contribution in [0.25, 0.3) is 26.3 Å². The summed E-state index contributed by atoms with van der Waals surface area (Å²) in [5.41, 5.74) is 5.14. The van der Waals surface area contributed by atoms with Gasteiger partial charge in [-0.05, 0) is 13.8 Å². The van der Waals surface area contributed by atoms with E-state index in [1.165, 1.54) is 0 Å². The summed E-state index contributed by atoms with van der Waals surface area (Å²) in [5, 5.41) is 9.13. The second-order valence-corrected chi connectivity index (χ2v) is 20.1. The van der Waals surface area contributed by atoms with Crippen LogP contribution in [-0.2, 0) is 26.5 Å². The second-order valence-electron chi connectivity index (χ2n) is 10.9. The SMILES string of the molecule is C/C([N-]CCOCC[N-][Si](C)(C)C)=C(/[N-][Si](C)(C)C)c1ccccc1.[Ti+4].c1ccc([N-]c2ccccc2)cc1. The molecule has 8 heteroatoms. The van der Waals surface area contributed by atoms with Gasteiger partial charge in [-0.2, -0.15) is 11.4 Å². The van der Waals surface area contributed by atoms with Gasteiger partial charge in [-0.1, -0.05) is 145 Å². The number of rotatable bonds is 13. The number of para-hydroxylation sites is 2. The monoisotopic (exact) mass is 592 g/mol. The van der Waals surface area contributed by atoms with Crippen LogP contribution in [-0.4, -0.2) is 42.8 Å². The first-order chi connectivity index (χ1) is 18.0. The zero-order chi connectivity index (χ0) is 27.9. The molecule has 39 heavy (non-hydrogen) atoms. The first-order valence-corrected chi connectivity index (χ1v) is 20.2. The van der Waals surface area contributed by atoms with Gasteiger partial charge >= 0.3 is 21.7 Å². The van der Waals surface area contributed by atoms with Crippen molar-refractivity contribution in [3.8, 4) is 0 Å². The number of nitrogens with zero attached hydrogens (tertiary/aromatic N) is 4. The van der Waals surface area contributed by atoms with Crippen LogP contribution in [0.15, 0.2) is 96.7 Å². The van der Waals surface area contributed by atoms with E-state index in [9.17, 15) is 0 Å². The third-order valence-electron chi connectivity index (χ3n) is 5.01. The van der Waals surface area contributed by atoms with Gasteiger partial charge in [-0.3, -0.25) is 0 Å². The van der Waals surface area contributed by atoms with Crippen molar-refractivity contribution in [2.24, 2.45) is 0 Å². The Hall–Kier alpha value is -2.13. The molecule has 0 atom stereocenters. The standard InChI is InChI=1S/C19H34N3OSi2.C12H10N.Ti/c1-17(20-13-15-23-16-14-21-24(2,3)4)19(22-25(5,6)7)18-11-9-8-10-12-18;1-3-7-11(8-4-1)13-12-9-5-2-6-10-12;/h8-12H,13-16H2,1-7H3;1-10H;/q-3;-1;+4/b19-17-;;. The molecule has 0 amide bonds. The minimum Gasteiger partial charge on any atom is -0.688 e. The number of hydrogen-bond donors (Lipinski definition) is 0. The Morgan fingerprint density at radius 1 is 0.641 bits per heavy atom. The van der Waals surface area contributed by atoms with E-state index in [2.05, 4.69) is 61.7 Å². The first kappa shape index (κ1) is 34.9. The van der Waals surface area contributed by atoms with Crippen LogP contribution in [0.2, 0.25) is 39.3 Å². The molecule has 206 valence electrons. The number of ether oxygens (including phenoxy) is 1. The molecule has 0 aliphatic rings. The van der Waals surface area contributed by atoms with E-state index in [1.807, 2.05) is 85.8 Å². The van der Waals surface area contributed by atoms with Gasteiger partial charge in [0.15, 0.2) is 0 Å². The molecule has 0 N–H and O–H groups in total. The van der Waals surface area contributed by atoms with Crippen molar-refractivity contribution >= 4 is 33.5 Å². The zero-order valence-corrected chi connectivity index (χ0v) is 28.2. The average Bonchev–Trinajstić information content (AvgIpc) is 2.87. The molecule has 5 nitrogen and oxygen atoms in total. The van der Waals surface area contributed by atoms with Crippen molar-refractivity contribution in [3.05, 3.63) is 123 Å². The molecular formula is C31H44N4OSi2Ti. The molecule has 0 heterocycles. The van der Waals surface area contributed by atoms with E-state index < -0.39 is 16.5 Å². The Kier molecular flexibility index (Phi) is 16.3.